The standard InChI is InChI=1S/C31H37FN2O2/c1-23(28-13-7-4-8-14-28)34(22-26-10-5-3-6-11-26)24(2)30(35)31(36)33-19-9-12-27(21-33)20-25-15-17-29(32)18-16-25/h3-8,10-11,13-18,23-24,27,30,35H,9,12,19-22H2,1-2H3. The van der Waals surface area contributed by atoms with Gasteiger partial charge in [-0.2, -0.15) is 0 Å². The number of piperidine rings is 1. The molecule has 1 fully saturated rings. The zero-order chi connectivity index (χ0) is 25.5. The van der Waals surface area contributed by atoms with Crippen molar-refractivity contribution in [3.05, 3.63) is 107 Å². The Labute approximate surface area is 214 Å². The molecule has 1 aliphatic heterocycles. The number of benzene rings is 3. The molecule has 1 saturated heterocycles. The number of carbonyl (C=O) groups is 1. The smallest absolute Gasteiger partial charge is 0.253 e. The van der Waals surface area contributed by atoms with Crippen LogP contribution in [0.5, 0.6) is 0 Å². The zero-order valence-electron chi connectivity index (χ0n) is 21.3. The summed E-state index contributed by atoms with van der Waals surface area (Å²) in [6.45, 7) is 5.99. The first-order chi connectivity index (χ1) is 17.4. The summed E-state index contributed by atoms with van der Waals surface area (Å²) >= 11 is 0. The lowest BCUT2D eigenvalue weighted by Gasteiger charge is -2.40. The van der Waals surface area contributed by atoms with Crippen LogP contribution in [0, 0.1) is 11.7 Å². The normalized spacial score (nSPS) is 18.6. The number of carbonyl (C=O) groups excluding carboxylic acids is 1. The van der Waals surface area contributed by atoms with Crippen LogP contribution in [0.1, 0.15) is 49.4 Å². The minimum atomic E-state index is -1.12. The average Bonchev–Trinajstić information content (AvgIpc) is 2.92. The number of hydrogen-bond donors (Lipinski definition) is 1. The van der Waals surface area contributed by atoms with Gasteiger partial charge >= 0.3 is 0 Å². The third-order valence-corrected chi connectivity index (χ3v) is 7.49. The van der Waals surface area contributed by atoms with E-state index in [0.29, 0.717) is 25.6 Å². The molecule has 1 amide bonds. The number of aliphatic hydroxyl groups excluding tert-OH is 1. The van der Waals surface area contributed by atoms with Crippen LogP contribution in [-0.4, -0.2) is 46.0 Å². The number of aliphatic hydroxyl groups is 1. The summed E-state index contributed by atoms with van der Waals surface area (Å²) < 4.78 is 13.3. The van der Waals surface area contributed by atoms with Crippen LogP contribution >= 0.6 is 0 Å². The Morgan fingerprint density at radius 2 is 1.61 bits per heavy atom. The minimum absolute atomic E-state index is 0.0245. The molecule has 1 aliphatic rings. The van der Waals surface area contributed by atoms with Crippen molar-refractivity contribution in [1.29, 1.82) is 0 Å². The maximum absolute atomic E-state index is 13.5. The molecule has 36 heavy (non-hydrogen) atoms. The Kier molecular flexibility index (Phi) is 8.89. The van der Waals surface area contributed by atoms with Gasteiger partial charge in [-0.3, -0.25) is 9.69 Å². The van der Waals surface area contributed by atoms with Gasteiger partial charge in [-0.05, 0) is 67.9 Å². The minimum Gasteiger partial charge on any atom is -0.382 e. The third-order valence-electron chi connectivity index (χ3n) is 7.49. The van der Waals surface area contributed by atoms with Gasteiger partial charge in [0.05, 0.1) is 0 Å². The molecule has 0 aromatic heterocycles. The highest BCUT2D eigenvalue weighted by atomic mass is 19.1. The van der Waals surface area contributed by atoms with Gasteiger partial charge in [0.1, 0.15) is 11.9 Å². The molecule has 190 valence electrons. The van der Waals surface area contributed by atoms with Crippen molar-refractivity contribution in [2.24, 2.45) is 5.92 Å². The highest BCUT2D eigenvalue weighted by Crippen LogP contribution is 2.28. The SMILES string of the molecule is CC(c1ccccc1)N(Cc1ccccc1)C(C)C(O)C(=O)N1CCCC(Cc2ccc(F)cc2)C1. The fourth-order valence-electron chi connectivity index (χ4n) is 5.31. The van der Waals surface area contributed by atoms with Crippen LogP contribution in [-0.2, 0) is 17.8 Å². The van der Waals surface area contributed by atoms with Gasteiger partial charge in [0.15, 0.2) is 0 Å². The molecule has 4 atom stereocenters. The van der Waals surface area contributed by atoms with E-state index in [0.717, 1.165) is 36.0 Å². The van der Waals surface area contributed by atoms with Crippen LogP contribution in [0.15, 0.2) is 84.9 Å². The van der Waals surface area contributed by atoms with E-state index in [4.69, 9.17) is 0 Å². The van der Waals surface area contributed by atoms with E-state index in [1.165, 1.54) is 12.1 Å². The van der Waals surface area contributed by atoms with E-state index in [-0.39, 0.29) is 23.8 Å². The molecule has 1 N–H and O–H groups in total. The van der Waals surface area contributed by atoms with Crippen LogP contribution in [0.4, 0.5) is 4.39 Å². The highest BCUT2D eigenvalue weighted by Gasteiger charge is 2.35. The molecular formula is C31H37FN2O2. The van der Waals surface area contributed by atoms with Crippen LogP contribution in [0.3, 0.4) is 0 Å². The summed E-state index contributed by atoms with van der Waals surface area (Å²) in [5, 5.41) is 11.3. The Morgan fingerprint density at radius 1 is 0.972 bits per heavy atom. The second-order valence-corrected chi connectivity index (χ2v) is 10.1. The fraction of sp³-hybridized carbons (Fsp3) is 0.387. The Bertz CT molecular complexity index is 1090. The quantitative estimate of drug-likeness (QED) is 0.425. The maximum atomic E-state index is 13.5. The van der Waals surface area contributed by atoms with Crippen molar-refractivity contribution >= 4 is 5.91 Å². The summed E-state index contributed by atoms with van der Waals surface area (Å²) in [6, 6.07) is 26.7. The lowest BCUT2D eigenvalue weighted by atomic mass is 9.90. The second-order valence-electron chi connectivity index (χ2n) is 10.1. The fourth-order valence-corrected chi connectivity index (χ4v) is 5.31. The number of likely N-dealkylation sites (tertiary alicyclic amines) is 1. The molecule has 5 heteroatoms. The van der Waals surface area contributed by atoms with Gasteiger partial charge in [-0.15, -0.1) is 0 Å². The van der Waals surface area contributed by atoms with Crippen molar-refractivity contribution in [1.82, 2.24) is 9.80 Å². The van der Waals surface area contributed by atoms with Gasteiger partial charge < -0.3 is 10.0 Å². The molecule has 0 spiro atoms. The molecule has 4 unspecified atom stereocenters. The average molecular weight is 489 g/mol. The first kappa shape index (κ1) is 26.1. The predicted octanol–water partition coefficient (Wildman–Crippen LogP) is 5.62. The number of rotatable bonds is 9. The van der Waals surface area contributed by atoms with Gasteiger partial charge in [-0.25, -0.2) is 4.39 Å². The number of amides is 1. The van der Waals surface area contributed by atoms with E-state index in [2.05, 4.69) is 36.1 Å². The summed E-state index contributed by atoms with van der Waals surface area (Å²) in [6.07, 6.45) is 1.62. The molecule has 0 saturated carbocycles. The van der Waals surface area contributed by atoms with E-state index in [9.17, 15) is 14.3 Å². The van der Waals surface area contributed by atoms with Gasteiger partial charge in [0.2, 0.25) is 0 Å². The van der Waals surface area contributed by atoms with E-state index >= 15 is 0 Å². The topological polar surface area (TPSA) is 43.8 Å². The summed E-state index contributed by atoms with van der Waals surface area (Å²) in [5.74, 6) is -0.134. The van der Waals surface area contributed by atoms with Crippen molar-refractivity contribution in [3.8, 4) is 0 Å². The van der Waals surface area contributed by atoms with Crippen molar-refractivity contribution in [2.45, 2.75) is 57.8 Å². The number of halogens is 1. The van der Waals surface area contributed by atoms with E-state index in [1.807, 2.05) is 60.4 Å². The maximum Gasteiger partial charge on any atom is 0.253 e. The summed E-state index contributed by atoms with van der Waals surface area (Å²) in [5.41, 5.74) is 3.37. The summed E-state index contributed by atoms with van der Waals surface area (Å²) in [4.78, 5) is 17.5. The molecular weight excluding hydrogens is 451 g/mol. The first-order valence-corrected chi connectivity index (χ1v) is 13.0. The Balaban J connectivity index is 1.46. The monoisotopic (exact) mass is 488 g/mol. The number of nitrogens with zero attached hydrogens (tertiary/aromatic N) is 2. The molecule has 3 aromatic rings. The lowest BCUT2D eigenvalue weighted by molar-refractivity contribution is -0.146. The number of hydrogen-bond acceptors (Lipinski definition) is 3. The largest absolute Gasteiger partial charge is 0.382 e. The molecule has 4 rings (SSSR count). The van der Waals surface area contributed by atoms with E-state index in [1.54, 1.807) is 0 Å². The first-order valence-electron chi connectivity index (χ1n) is 13.0. The van der Waals surface area contributed by atoms with Crippen molar-refractivity contribution in [3.63, 3.8) is 0 Å². The molecule has 4 nitrogen and oxygen atoms in total. The van der Waals surface area contributed by atoms with Crippen molar-refractivity contribution < 1.29 is 14.3 Å². The molecule has 1 heterocycles. The van der Waals surface area contributed by atoms with Crippen LogP contribution < -0.4 is 0 Å². The Morgan fingerprint density at radius 3 is 2.28 bits per heavy atom. The second kappa shape index (κ2) is 12.3. The zero-order valence-corrected chi connectivity index (χ0v) is 21.3. The third kappa shape index (κ3) is 6.59. The molecule has 0 bridgehead atoms. The Hall–Kier alpha value is -3.02. The van der Waals surface area contributed by atoms with Crippen LogP contribution in [0.2, 0.25) is 0 Å². The van der Waals surface area contributed by atoms with Gasteiger partial charge in [0.25, 0.3) is 5.91 Å². The summed E-state index contributed by atoms with van der Waals surface area (Å²) in [7, 11) is 0. The molecule has 0 aliphatic carbocycles. The predicted molar refractivity (Wildman–Crippen MR) is 142 cm³/mol. The van der Waals surface area contributed by atoms with Gasteiger partial charge in [-0.1, -0.05) is 72.8 Å². The van der Waals surface area contributed by atoms with E-state index < -0.39 is 6.10 Å². The van der Waals surface area contributed by atoms with Gasteiger partial charge in [0, 0.05) is 31.7 Å². The van der Waals surface area contributed by atoms with Crippen molar-refractivity contribution in [2.75, 3.05) is 13.1 Å². The lowest BCUT2D eigenvalue weighted by Crippen LogP contribution is -2.53. The molecule has 3 aromatic carbocycles. The molecule has 0 radical (unpaired) electrons. The van der Waals surface area contributed by atoms with Crippen LogP contribution in [0.25, 0.3) is 0 Å². The highest BCUT2D eigenvalue weighted by molar-refractivity contribution is 5.81.